The van der Waals surface area contributed by atoms with Gasteiger partial charge in [0.15, 0.2) is 0 Å². The summed E-state index contributed by atoms with van der Waals surface area (Å²) < 4.78 is 0. The minimum Gasteiger partial charge on any atom is -0.102 e. The van der Waals surface area contributed by atoms with Gasteiger partial charge in [0, 0.05) is 5.66 Å². The lowest BCUT2D eigenvalue weighted by Crippen LogP contribution is -1.97. The maximum atomic E-state index is 2.33. The lowest BCUT2D eigenvalue weighted by Gasteiger charge is -2.14. The molecule has 0 heterocycles. The summed E-state index contributed by atoms with van der Waals surface area (Å²) in [5, 5.41) is 0. The van der Waals surface area contributed by atoms with Crippen molar-refractivity contribution in [2.75, 3.05) is 13.3 Å². The molecule has 0 spiro atoms. The fourth-order valence-corrected chi connectivity index (χ4v) is 1.85. The van der Waals surface area contributed by atoms with Crippen molar-refractivity contribution >= 4 is 7.92 Å². The van der Waals surface area contributed by atoms with Crippen molar-refractivity contribution in [2.45, 2.75) is 12.1 Å². The van der Waals surface area contributed by atoms with Crippen molar-refractivity contribution in [1.82, 2.24) is 0 Å². The van der Waals surface area contributed by atoms with Crippen molar-refractivity contribution in [3.8, 4) is 0 Å². The molecule has 1 aliphatic carbocycles. The highest BCUT2D eigenvalue weighted by Gasteiger charge is 2.05. The monoisotopic (exact) mass is 140 g/mol. The molecule has 0 N–H and O–H groups in total. The third-order valence-electron chi connectivity index (χ3n) is 1.53. The van der Waals surface area contributed by atoms with E-state index in [2.05, 4.69) is 37.6 Å². The Morgan fingerprint density at radius 1 is 1.22 bits per heavy atom. The smallest absolute Gasteiger partial charge is 0.0145 e. The van der Waals surface area contributed by atoms with Gasteiger partial charge in [0.25, 0.3) is 0 Å². The van der Waals surface area contributed by atoms with Crippen LogP contribution in [-0.2, 0) is 0 Å². The highest BCUT2D eigenvalue weighted by Crippen LogP contribution is 2.35. The van der Waals surface area contributed by atoms with Crippen molar-refractivity contribution in [2.24, 2.45) is 0 Å². The molecule has 0 saturated heterocycles. The fraction of sp³-hybridized carbons (Fsp3) is 0.500. The minimum absolute atomic E-state index is 0.208. The molecule has 0 unspecified atom stereocenters. The predicted molar refractivity (Wildman–Crippen MR) is 45.5 cm³/mol. The molecule has 1 heteroatoms. The minimum atomic E-state index is 0.208. The fourth-order valence-electron chi connectivity index (χ4n) is 0.923. The molecule has 0 fully saturated rings. The molecule has 9 heavy (non-hydrogen) atoms. The van der Waals surface area contributed by atoms with Crippen LogP contribution < -0.4 is 0 Å². The summed E-state index contributed by atoms with van der Waals surface area (Å²) in [5.74, 6) is 0. The Morgan fingerprint density at radius 2 is 1.78 bits per heavy atom. The maximum Gasteiger partial charge on any atom is 0.0145 e. The summed E-state index contributed by atoms with van der Waals surface area (Å²) in [6.45, 7) is 4.64. The Hall–Kier alpha value is -0.0900. The molecule has 0 radical (unpaired) electrons. The molecule has 1 aliphatic rings. The first kappa shape index (κ1) is 7.02. The van der Waals surface area contributed by atoms with E-state index in [1.54, 1.807) is 0 Å². The summed E-state index contributed by atoms with van der Waals surface area (Å²) in [5.41, 5.74) is 0.758. The van der Waals surface area contributed by atoms with E-state index in [4.69, 9.17) is 0 Å². The van der Waals surface area contributed by atoms with Crippen LogP contribution in [0.25, 0.3) is 0 Å². The Kier molecular flexibility index (Phi) is 2.48. The van der Waals surface area contributed by atoms with E-state index < -0.39 is 0 Å². The lowest BCUT2D eigenvalue weighted by atomic mass is 10.2. The highest BCUT2D eigenvalue weighted by atomic mass is 31.1. The van der Waals surface area contributed by atoms with Crippen LogP contribution in [0.1, 0.15) is 6.42 Å². The van der Waals surface area contributed by atoms with Crippen molar-refractivity contribution in [3.63, 3.8) is 0 Å². The van der Waals surface area contributed by atoms with Crippen molar-refractivity contribution in [1.29, 1.82) is 0 Å². The van der Waals surface area contributed by atoms with Crippen molar-refractivity contribution in [3.05, 3.63) is 24.3 Å². The second-order valence-corrected chi connectivity index (χ2v) is 5.07. The number of hydrogen-bond donors (Lipinski definition) is 0. The van der Waals surface area contributed by atoms with Crippen LogP contribution >= 0.6 is 7.92 Å². The van der Waals surface area contributed by atoms with Gasteiger partial charge in [-0.25, -0.2) is 0 Å². The quantitative estimate of drug-likeness (QED) is 0.388. The molecular formula is C8H13P. The van der Waals surface area contributed by atoms with Crippen LogP contribution in [0.4, 0.5) is 0 Å². The second-order valence-electron chi connectivity index (χ2n) is 2.55. The zero-order valence-electron chi connectivity index (χ0n) is 6.04. The van der Waals surface area contributed by atoms with Crippen LogP contribution in [0.3, 0.4) is 0 Å². The van der Waals surface area contributed by atoms with E-state index in [9.17, 15) is 0 Å². The maximum absolute atomic E-state index is 2.33. The first-order chi connectivity index (χ1) is 4.30. The summed E-state index contributed by atoms with van der Waals surface area (Å²) in [6.07, 6.45) is 10.3. The third kappa shape index (κ3) is 1.95. The SMILES string of the molecule is CP(C)C1C=CCC=C1. The van der Waals surface area contributed by atoms with E-state index >= 15 is 0 Å². The average molecular weight is 140 g/mol. The molecule has 0 nitrogen and oxygen atoms in total. The van der Waals surface area contributed by atoms with Gasteiger partial charge < -0.3 is 0 Å². The molecule has 0 amide bonds. The average Bonchev–Trinajstić information content (AvgIpc) is 1.90. The lowest BCUT2D eigenvalue weighted by molar-refractivity contribution is 1.23. The molecule has 0 aromatic rings. The van der Waals surface area contributed by atoms with Gasteiger partial charge in [-0.2, -0.15) is 0 Å². The van der Waals surface area contributed by atoms with Gasteiger partial charge >= 0.3 is 0 Å². The molecular weight excluding hydrogens is 127 g/mol. The molecule has 0 aliphatic heterocycles. The van der Waals surface area contributed by atoms with Gasteiger partial charge in [-0.3, -0.25) is 0 Å². The molecule has 0 atom stereocenters. The number of hydrogen-bond acceptors (Lipinski definition) is 0. The molecule has 0 aromatic heterocycles. The van der Waals surface area contributed by atoms with E-state index in [0.29, 0.717) is 0 Å². The molecule has 50 valence electrons. The van der Waals surface area contributed by atoms with E-state index in [1.807, 2.05) is 0 Å². The standard InChI is InChI=1S/C8H13P/c1-9(2)8-6-4-3-5-7-8/h4-8H,3H2,1-2H3. The van der Waals surface area contributed by atoms with Gasteiger partial charge in [-0.05, 0) is 19.8 Å². The van der Waals surface area contributed by atoms with Crippen LogP contribution in [0, 0.1) is 0 Å². The first-order valence-electron chi connectivity index (χ1n) is 3.30. The highest BCUT2D eigenvalue weighted by molar-refractivity contribution is 7.57. The van der Waals surface area contributed by atoms with Crippen LogP contribution in [-0.4, -0.2) is 19.0 Å². The molecule has 0 saturated carbocycles. The van der Waals surface area contributed by atoms with E-state index in [1.165, 1.54) is 0 Å². The topological polar surface area (TPSA) is 0 Å². The van der Waals surface area contributed by atoms with Crippen LogP contribution in [0.5, 0.6) is 0 Å². The summed E-state index contributed by atoms with van der Waals surface area (Å²) in [4.78, 5) is 0. The predicted octanol–water partition coefficient (Wildman–Crippen LogP) is 2.61. The Morgan fingerprint density at radius 3 is 2.11 bits per heavy atom. The van der Waals surface area contributed by atoms with E-state index in [-0.39, 0.29) is 7.92 Å². The van der Waals surface area contributed by atoms with Crippen LogP contribution in [0.2, 0.25) is 0 Å². The third-order valence-corrected chi connectivity index (χ3v) is 3.07. The van der Waals surface area contributed by atoms with Crippen molar-refractivity contribution < 1.29 is 0 Å². The summed E-state index contributed by atoms with van der Waals surface area (Å²) in [6, 6.07) is 0. The molecule has 1 rings (SSSR count). The van der Waals surface area contributed by atoms with E-state index in [0.717, 1.165) is 12.1 Å². The first-order valence-corrected chi connectivity index (χ1v) is 5.61. The molecule has 0 aromatic carbocycles. The molecule has 0 bridgehead atoms. The zero-order valence-corrected chi connectivity index (χ0v) is 6.94. The van der Waals surface area contributed by atoms with Gasteiger partial charge in [0.2, 0.25) is 0 Å². The zero-order chi connectivity index (χ0) is 6.69. The van der Waals surface area contributed by atoms with Gasteiger partial charge in [0.1, 0.15) is 0 Å². The van der Waals surface area contributed by atoms with Gasteiger partial charge in [-0.1, -0.05) is 24.3 Å². The Bertz CT molecular complexity index is 122. The number of rotatable bonds is 1. The second kappa shape index (κ2) is 3.17. The Labute approximate surface area is 58.4 Å². The largest absolute Gasteiger partial charge is 0.102 e. The van der Waals surface area contributed by atoms with Gasteiger partial charge in [0.05, 0.1) is 0 Å². The Balaban J connectivity index is 2.49. The normalized spacial score (nSPS) is 19.4. The van der Waals surface area contributed by atoms with Crippen LogP contribution in [0.15, 0.2) is 24.3 Å². The summed E-state index contributed by atoms with van der Waals surface area (Å²) >= 11 is 0. The number of allylic oxidation sites excluding steroid dienone is 4. The van der Waals surface area contributed by atoms with Gasteiger partial charge in [-0.15, -0.1) is 7.92 Å². The summed E-state index contributed by atoms with van der Waals surface area (Å²) in [7, 11) is 0.208.